The van der Waals surface area contributed by atoms with Crippen LogP contribution in [0.2, 0.25) is 0 Å². The van der Waals surface area contributed by atoms with Crippen LogP contribution >= 0.6 is 0 Å². The molecule has 0 bridgehead atoms. The number of unbranched alkanes of at least 4 members (excludes halogenated alkanes) is 6. The van der Waals surface area contributed by atoms with E-state index in [1.807, 2.05) is 6.92 Å². The maximum absolute atomic E-state index is 11.2. The van der Waals surface area contributed by atoms with E-state index in [1.165, 1.54) is 38.5 Å². The Balaban J connectivity index is 3.29. The second kappa shape index (κ2) is 13.9. The molecule has 1 atom stereocenters. The van der Waals surface area contributed by atoms with Crippen molar-refractivity contribution in [2.45, 2.75) is 90.6 Å². The Morgan fingerprint density at radius 1 is 0.947 bits per heavy atom. The third-order valence-electron chi connectivity index (χ3n) is 3.29. The van der Waals surface area contributed by atoms with Gasteiger partial charge in [0.2, 0.25) is 0 Å². The first-order valence-corrected chi connectivity index (χ1v) is 8.04. The number of aliphatic hydroxyl groups excluding tert-OH is 1. The van der Waals surface area contributed by atoms with Gasteiger partial charge >= 0.3 is 5.97 Å². The molecular formula is C16H32O3. The minimum Gasteiger partial charge on any atom is -0.466 e. The van der Waals surface area contributed by atoms with Crippen LogP contribution in [0.1, 0.15) is 84.5 Å². The highest BCUT2D eigenvalue weighted by molar-refractivity contribution is 5.69. The highest BCUT2D eigenvalue weighted by Gasteiger charge is 2.08. The normalized spacial score (nSPS) is 12.4. The molecule has 3 nitrogen and oxygen atoms in total. The van der Waals surface area contributed by atoms with Gasteiger partial charge in [-0.15, -0.1) is 0 Å². The molecule has 114 valence electrons. The Morgan fingerprint density at radius 3 is 2.21 bits per heavy atom. The number of esters is 1. The third kappa shape index (κ3) is 13.7. The van der Waals surface area contributed by atoms with Gasteiger partial charge in [0.15, 0.2) is 0 Å². The lowest BCUT2D eigenvalue weighted by Crippen LogP contribution is -2.12. The van der Waals surface area contributed by atoms with Gasteiger partial charge in [-0.1, -0.05) is 58.8 Å². The van der Waals surface area contributed by atoms with E-state index in [1.54, 1.807) is 0 Å². The molecule has 0 rings (SSSR count). The summed E-state index contributed by atoms with van der Waals surface area (Å²) in [7, 11) is 0. The van der Waals surface area contributed by atoms with Crippen LogP contribution in [-0.2, 0) is 9.53 Å². The van der Waals surface area contributed by atoms with Gasteiger partial charge in [0.25, 0.3) is 0 Å². The summed E-state index contributed by atoms with van der Waals surface area (Å²) in [4.78, 5) is 11.2. The van der Waals surface area contributed by atoms with Gasteiger partial charge in [0.05, 0.1) is 12.7 Å². The number of hydrogen-bond acceptors (Lipinski definition) is 3. The van der Waals surface area contributed by atoms with Gasteiger partial charge in [0, 0.05) is 6.42 Å². The highest BCUT2D eigenvalue weighted by atomic mass is 16.5. The van der Waals surface area contributed by atoms with Crippen LogP contribution in [0.15, 0.2) is 0 Å². The first-order valence-electron chi connectivity index (χ1n) is 8.04. The van der Waals surface area contributed by atoms with E-state index >= 15 is 0 Å². The molecule has 1 unspecified atom stereocenters. The van der Waals surface area contributed by atoms with Crippen molar-refractivity contribution in [1.82, 2.24) is 0 Å². The highest BCUT2D eigenvalue weighted by Crippen LogP contribution is 2.12. The van der Waals surface area contributed by atoms with Gasteiger partial charge in [-0.25, -0.2) is 0 Å². The van der Waals surface area contributed by atoms with Crippen LogP contribution in [0, 0.1) is 0 Å². The molecule has 0 fully saturated rings. The predicted octanol–water partition coefficient (Wildman–Crippen LogP) is 4.22. The summed E-state index contributed by atoms with van der Waals surface area (Å²) in [5, 5.41) is 9.76. The second-order valence-electron chi connectivity index (χ2n) is 5.32. The summed E-state index contributed by atoms with van der Waals surface area (Å²) in [5.74, 6) is -0.180. The van der Waals surface area contributed by atoms with E-state index in [0.717, 1.165) is 19.3 Å². The number of ether oxygens (including phenoxy) is 1. The van der Waals surface area contributed by atoms with Crippen LogP contribution < -0.4 is 0 Å². The third-order valence-corrected chi connectivity index (χ3v) is 3.29. The summed E-state index contributed by atoms with van der Waals surface area (Å²) in [6.07, 6.45) is 11.0. The molecule has 0 aromatic heterocycles. The number of carbonyl (C=O) groups is 1. The Morgan fingerprint density at radius 2 is 1.58 bits per heavy atom. The zero-order chi connectivity index (χ0) is 14.3. The van der Waals surface area contributed by atoms with Gasteiger partial charge in [0.1, 0.15) is 0 Å². The molecule has 0 aromatic rings. The van der Waals surface area contributed by atoms with E-state index in [0.29, 0.717) is 19.4 Å². The molecule has 0 heterocycles. The van der Waals surface area contributed by atoms with Crippen molar-refractivity contribution in [3.63, 3.8) is 0 Å². The Labute approximate surface area is 118 Å². The van der Waals surface area contributed by atoms with Crippen LogP contribution in [-0.4, -0.2) is 23.8 Å². The first-order chi connectivity index (χ1) is 9.20. The maximum atomic E-state index is 11.2. The van der Waals surface area contributed by atoms with Crippen LogP contribution in [0.25, 0.3) is 0 Å². The van der Waals surface area contributed by atoms with Crippen LogP contribution in [0.4, 0.5) is 0 Å². The lowest BCUT2D eigenvalue weighted by molar-refractivity contribution is -0.144. The zero-order valence-electron chi connectivity index (χ0n) is 12.8. The molecule has 3 heteroatoms. The molecule has 0 aliphatic rings. The van der Waals surface area contributed by atoms with Gasteiger partial charge in [-0.2, -0.15) is 0 Å². The number of rotatable bonds is 13. The van der Waals surface area contributed by atoms with Crippen molar-refractivity contribution < 1.29 is 14.6 Å². The Kier molecular flexibility index (Phi) is 13.4. The molecular weight excluding hydrogens is 240 g/mol. The largest absolute Gasteiger partial charge is 0.466 e. The lowest BCUT2D eigenvalue weighted by atomic mass is 10.0. The topological polar surface area (TPSA) is 46.5 Å². The molecule has 19 heavy (non-hydrogen) atoms. The van der Waals surface area contributed by atoms with Gasteiger partial charge in [-0.05, 0) is 19.3 Å². The van der Waals surface area contributed by atoms with Crippen LogP contribution in [0.5, 0.6) is 0 Å². The molecule has 0 saturated carbocycles. The quantitative estimate of drug-likeness (QED) is 0.403. The van der Waals surface area contributed by atoms with Crippen molar-refractivity contribution in [1.29, 1.82) is 0 Å². The summed E-state index contributed by atoms with van der Waals surface area (Å²) < 4.78 is 4.97. The van der Waals surface area contributed by atoms with Crippen molar-refractivity contribution in [3.8, 4) is 0 Å². The van der Waals surface area contributed by atoms with E-state index in [2.05, 4.69) is 6.92 Å². The van der Waals surface area contributed by atoms with E-state index < -0.39 is 0 Å². The lowest BCUT2D eigenvalue weighted by Gasteiger charge is -2.10. The summed E-state index contributed by atoms with van der Waals surface area (Å²) >= 11 is 0. The summed E-state index contributed by atoms with van der Waals surface area (Å²) in [6.45, 7) is 4.69. The molecule has 0 amide bonds. The number of hydrogen-bond donors (Lipinski definition) is 1. The molecule has 0 aliphatic heterocycles. The standard InChI is InChI=1S/C16H32O3/c1-3-5-6-7-8-9-10-11-15(17)12-13-16(18)19-14-4-2/h15,17H,3-14H2,1-2H3. The second-order valence-corrected chi connectivity index (χ2v) is 5.32. The molecule has 1 N–H and O–H groups in total. The average molecular weight is 272 g/mol. The van der Waals surface area contributed by atoms with Crippen LogP contribution in [0.3, 0.4) is 0 Å². The van der Waals surface area contributed by atoms with Crippen molar-refractivity contribution in [3.05, 3.63) is 0 Å². The fourth-order valence-electron chi connectivity index (χ4n) is 2.05. The predicted molar refractivity (Wildman–Crippen MR) is 79.1 cm³/mol. The van der Waals surface area contributed by atoms with Gasteiger partial charge < -0.3 is 9.84 Å². The van der Waals surface area contributed by atoms with Crippen molar-refractivity contribution in [2.75, 3.05) is 6.61 Å². The first kappa shape index (κ1) is 18.4. The SMILES string of the molecule is CCCCCCCCCC(O)CCC(=O)OCCC. The number of aliphatic hydroxyl groups is 1. The minimum absolute atomic E-state index is 0.180. The molecule has 0 saturated heterocycles. The van der Waals surface area contributed by atoms with E-state index in [-0.39, 0.29) is 12.1 Å². The summed E-state index contributed by atoms with van der Waals surface area (Å²) in [6, 6.07) is 0. The number of carbonyl (C=O) groups excluding carboxylic acids is 1. The molecule has 0 radical (unpaired) electrons. The smallest absolute Gasteiger partial charge is 0.305 e. The minimum atomic E-state index is -0.343. The van der Waals surface area contributed by atoms with Crippen molar-refractivity contribution >= 4 is 5.97 Å². The van der Waals surface area contributed by atoms with E-state index in [9.17, 15) is 9.90 Å². The average Bonchev–Trinajstić information content (AvgIpc) is 2.41. The van der Waals surface area contributed by atoms with E-state index in [4.69, 9.17) is 4.74 Å². The van der Waals surface area contributed by atoms with Gasteiger partial charge in [-0.3, -0.25) is 4.79 Å². The summed E-state index contributed by atoms with van der Waals surface area (Å²) in [5.41, 5.74) is 0. The Bertz CT molecular complexity index is 204. The molecule has 0 spiro atoms. The Hall–Kier alpha value is -0.570. The zero-order valence-corrected chi connectivity index (χ0v) is 12.8. The maximum Gasteiger partial charge on any atom is 0.305 e. The molecule has 0 aromatic carbocycles. The van der Waals surface area contributed by atoms with Crippen molar-refractivity contribution in [2.24, 2.45) is 0 Å². The fraction of sp³-hybridized carbons (Fsp3) is 0.938. The monoisotopic (exact) mass is 272 g/mol. The fourth-order valence-corrected chi connectivity index (χ4v) is 2.05. The molecule has 0 aliphatic carbocycles.